The molecular formula is C15H28BrN3. The first-order valence-corrected chi connectivity index (χ1v) is 8.29. The number of nitrogens with zero attached hydrogens (tertiary/aromatic N) is 2. The summed E-state index contributed by atoms with van der Waals surface area (Å²) >= 11 is 3.75. The fourth-order valence-electron chi connectivity index (χ4n) is 2.33. The van der Waals surface area contributed by atoms with E-state index in [2.05, 4.69) is 65.6 Å². The lowest BCUT2D eigenvalue weighted by molar-refractivity contribution is 0.354. The van der Waals surface area contributed by atoms with Crippen LogP contribution in [0.1, 0.15) is 46.0 Å². The standard InChI is InChI=1S/C15H28BrN3/c1-6-13-15(16)14(19(8-3)18-13)9-12(11(4)5)10-17-7-2/h11-12,17H,6-10H2,1-5H3. The highest BCUT2D eigenvalue weighted by molar-refractivity contribution is 9.10. The van der Waals surface area contributed by atoms with E-state index in [0.29, 0.717) is 11.8 Å². The molecule has 0 radical (unpaired) electrons. The van der Waals surface area contributed by atoms with E-state index in [9.17, 15) is 0 Å². The van der Waals surface area contributed by atoms with Crippen molar-refractivity contribution in [3.05, 3.63) is 15.9 Å². The van der Waals surface area contributed by atoms with Crippen LogP contribution in [0.5, 0.6) is 0 Å². The van der Waals surface area contributed by atoms with Crippen LogP contribution in [0.15, 0.2) is 4.47 Å². The molecular weight excluding hydrogens is 302 g/mol. The molecule has 0 aliphatic carbocycles. The molecule has 3 nitrogen and oxygen atoms in total. The van der Waals surface area contributed by atoms with Crippen LogP contribution in [0.2, 0.25) is 0 Å². The second-order valence-corrected chi connectivity index (χ2v) is 6.19. The second kappa shape index (κ2) is 8.05. The minimum atomic E-state index is 0.656. The summed E-state index contributed by atoms with van der Waals surface area (Å²) in [5.41, 5.74) is 2.54. The molecule has 1 heterocycles. The predicted octanol–water partition coefficient (Wildman–Crippen LogP) is 3.65. The molecule has 0 saturated carbocycles. The number of rotatable bonds is 8. The molecule has 0 aliphatic rings. The molecule has 0 aliphatic heterocycles. The number of hydrogen-bond acceptors (Lipinski definition) is 2. The summed E-state index contributed by atoms with van der Waals surface area (Å²) in [6.45, 7) is 14.2. The summed E-state index contributed by atoms with van der Waals surface area (Å²) in [4.78, 5) is 0. The second-order valence-electron chi connectivity index (χ2n) is 5.39. The third kappa shape index (κ3) is 4.32. The SMILES string of the molecule is CCNCC(Cc1c(Br)c(CC)nn1CC)C(C)C. The lowest BCUT2D eigenvalue weighted by Crippen LogP contribution is -2.28. The quantitative estimate of drug-likeness (QED) is 0.788. The number of aryl methyl sites for hydroxylation is 2. The molecule has 0 aromatic carbocycles. The lowest BCUT2D eigenvalue weighted by atomic mass is 9.91. The van der Waals surface area contributed by atoms with E-state index < -0.39 is 0 Å². The van der Waals surface area contributed by atoms with Gasteiger partial charge in [-0.2, -0.15) is 5.10 Å². The van der Waals surface area contributed by atoms with E-state index in [0.717, 1.165) is 32.5 Å². The molecule has 0 bridgehead atoms. The molecule has 1 aromatic rings. The molecule has 1 aromatic heterocycles. The van der Waals surface area contributed by atoms with Crippen LogP contribution in [0.4, 0.5) is 0 Å². The molecule has 19 heavy (non-hydrogen) atoms. The topological polar surface area (TPSA) is 29.9 Å². The minimum Gasteiger partial charge on any atom is -0.317 e. The zero-order chi connectivity index (χ0) is 14.4. The van der Waals surface area contributed by atoms with Crippen molar-refractivity contribution in [3.63, 3.8) is 0 Å². The Hall–Kier alpha value is -0.350. The summed E-state index contributed by atoms with van der Waals surface area (Å²) in [6.07, 6.45) is 2.08. The van der Waals surface area contributed by atoms with Crippen LogP contribution in [0.3, 0.4) is 0 Å². The van der Waals surface area contributed by atoms with Gasteiger partial charge in [-0.3, -0.25) is 4.68 Å². The van der Waals surface area contributed by atoms with E-state index in [1.54, 1.807) is 0 Å². The fraction of sp³-hybridized carbons (Fsp3) is 0.800. The van der Waals surface area contributed by atoms with Gasteiger partial charge in [0.25, 0.3) is 0 Å². The van der Waals surface area contributed by atoms with Crippen LogP contribution >= 0.6 is 15.9 Å². The highest BCUT2D eigenvalue weighted by Crippen LogP contribution is 2.26. The highest BCUT2D eigenvalue weighted by atomic mass is 79.9. The molecule has 110 valence electrons. The fourth-order valence-corrected chi connectivity index (χ4v) is 3.06. The summed E-state index contributed by atoms with van der Waals surface area (Å²) in [5, 5.41) is 8.17. The van der Waals surface area contributed by atoms with Crippen LogP contribution in [0, 0.1) is 11.8 Å². The summed E-state index contributed by atoms with van der Waals surface area (Å²) in [6, 6.07) is 0. The third-order valence-corrected chi connectivity index (χ3v) is 4.66. The van der Waals surface area contributed by atoms with Gasteiger partial charge in [0.2, 0.25) is 0 Å². The molecule has 1 atom stereocenters. The van der Waals surface area contributed by atoms with Crippen molar-refractivity contribution < 1.29 is 0 Å². The maximum atomic E-state index is 4.69. The van der Waals surface area contributed by atoms with E-state index in [1.807, 2.05) is 0 Å². The Kier molecular flexibility index (Phi) is 7.08. The maximum absolute atomic E-state index is 4.69. The van der Waals surface area contributed by atoms with Crippen LogP contribution in [0.25, 0.3) is 0 Å². The summed E-state index contributed by atoms with van der Waals surface area (Å²) in [5.74, 6) is 1.33. The summed E-state index contributed by atoms with van der Waals surface area (Å²) in [7, 11) is 0. The molecule has 1 unspecified atom stereocenters. The van der Waals surface area contributed by atoms with E-state index in [1.165, 1.54) is 15.9 Å². The van der Waals surface area contributed by atoms with Gasteiger partial charge in [0, 0.05) is 6.54 Å². The maximum Gasteiger partial charge on any atom is 0.0766 e. The van der Waals surface area contributed by atoms with Crippen LogP contribution < -0.4 is 5.32 Å². The Bertz CT molecular complexity index is 385. The molecule has 1 N–H and O–H groups in total. The van der Waals surface area contributed by atoms with Crippen molar-refractivity contribution in [1.82, 2.24) is 15.1 Å². The van der Waals surface area contributed by atoms with Crippen molar-refractivity contribution in [1.29, 1.82) is 0 Å². The van der Waals surface area contributed by atoms with Crippen molar-refractivity contribution in [2.75, 3.05) is 13.1 Å². The van der Waals surface area contributed by atoms with Gasteiger partial charge in [-0.15, -0.1) is 0 Å². The van der Waals surface area contributed by atoms with Crippen molar-refractivity contribution >= 4 is 15.9 Å². The van der Waals surface area contributed by atoms with Gasteiger partial charge in [-0.1, -0.05) is 27.7 Å². The number of hydrogen-bond donors (Lipinski definition) is 1. The summed E-state index contributed by atoms with van der Waals surface area (Å²) < 4.78 is 3.38. The number of nitrogens with one attached hydrogen (secondary N) is 1. The molecule has 4 heteroatoms. The monoisotopic (exact) mass is 329 g/mol. The average molecular weight is 330 g/mol. The van der Waals surface area contributed by atoms with Gasteiger partial charge in [0.05, 0.1) is 15.9 Å². The Balaban J connectivity index is 2.91. The Labute approximate surface area is 126 Å². The zero-order valence-corrected chi connectivity index (χ0v) is 14.5. The average Bonchev–Trinajstić information content (AvgIpc) is 2.70. The van der Waals surface area contributed by atoms with E-state index in [-0.39, 0.29) is 0 Å². The third-order valence-electron chi connectivity index (χ3n) is 3.75. The lowest BCUT2D eigenvalue weighted by Gasteiger charge is -2.21. The Morgan fingerprint density at radius 1 is 1.26 bits per heavy atom. The molecule has 0 amide bonds. The van der Waals surface area contributed by atoms with Crippen molar-refractivity contribution in [2.24, 2.45) is 11.8 Å². The first kappa shape index (κ1) is 16.7. The van der Waals surface area contributed by atoms with Crippen molar-refractivity contribution in [2.45, 2.75) is 54.0 Å². The minimum absolute atomic E-state index is 0.656. The highest BCUT2D eigenvalue weighted by Gasteiger charge is 2.20. The van der Waals surface area contributed by atoms with Gasteiger partial charge < -0.3 is 5.32 Å². The van der Waals surface area contributed by atoms with Gasteiger partial charge in [-0.25, -0.2) is 0 Å². The van der Waals surface area contributed by atoms with Crippen molar-refractivity contribution in [3.8, 4) is 0 Å². The van der Waals surface area contributed by atoms with Gasteiger partial charge in [0.15, 0.2) is 0 Å². The Morgan fingerprint density at radius 2 is 1.95 bits per heavy atom. The van der Waals surface area contributed by atoms with Gasteiger partial charge in [-0.05, 0) is 60.6 Å². The van der Waals surface area contributed by atoms with E-state index >= 15 is 0 Å². The van der Waals surface area contributed by atoms with Gasteiger partial charge >= 0.3 is 0 Å². The largest absolute Gasteiger partial charge is 0.317 e. The predicted molar refractivity (Wildman–Crippen MR) is 85.6 cm³/mol. The molecule has 0 fully saturated rings. The first-order chi connectivity index (χ1) is 9.04. The molecule has 1 rings (SSSR count). The zero-order valence-electron chi connectivity index (χ0n) is 13.0. The van der Waals surface area contributed by atoms with Crippen LogP contribution in [-0.2, 0) is 19.4 Å². The molecule has 0 spiro atoms. The van der Waals surface area contributed by atoms with Gasteiger partial charge in [0.1, 0.15) is 0 Å². The number of halogens is 1. The number of aromatic nitrogens is 2. The first-order valence-electron chi connectivity index (χ1n) is 7.49. The Morgan fingerprint density at radius 3 is 2.42 bits per heavy atom. The smallest absolute Gasteiger partial charge is 0.0766 e. The molecule has 0 saturated heterocycles. The van der Waals surface area contributed by atoms with Crippen LogP contribution in [-0.4, -0.2) is 22.9 Å². The normalized spacial score (nSPS) is 13.2. The van der Waals surface area contributed by atoms with E-state index in [4.69, 9.17) is 0 Å².